The Labute approximate surface area is 102 Å². The van der Waals surface area contributed by atoms with E-state index in [0.717, 1.165) is 6.42 Å². The van der Waals surface area contributed by atoms with Crippen molar-refractivity contribution in [3.05, 3.63) is 0 Å². The van der Waals surface area contributed by atoms with E-state index >= 15 is 0 Å². The van der Waals surface area contributed by atoms with Crippen molar-refractivity contribution in [2.24, 2.45) is 16.7 Å². The van der Waals surface area contributed by atoms with Crippen LogP contribution in [0.5, 0.6) is 0 Å². The summed E-state index contributed by atoms with van der Waals surface area (Å²) in [4.78, 5) is 21.6. The van der Waals surface area contributed by atoms with Gasteiger partial charge < -0.3 is 0 Å². The molecule has 1 spiro atoms. The van der Waals surface area contributed by atoms with Crippen LogP contribution >= 0.6 is 0 Å². The summed E-state index contributed by atoms with van der Waals surface area (Å²) in [5.41, 5.74) is -0.494. The Hall–Kier alpha value is -0.160. The highest BCUT2D eigenvalue weighted by atomic mass is 17.4. The summed E-state index contributed by atoms with van der Waals surface area (Å²) in [5.74, 6) is -0.204. The molecule has 0 aromatic rings. The fourth-order valence-corrected chi connectivity index (χ4v) is 3.75. The van der Waals surface area contributed by atoms with E-state index in [1.165, 1.54) is 0 Å². The molecule has 98 valence electrons. The van der Waals surface area contributed by atoms with Gasteiger partial charge in [-0.25, -0.2) is 9.78 Å². The van der Waals surface area contributed by atoms with Crippen molar-refractivity contribution in [3.8, 4) is 0 Å². The van der Waals surface area contributed by atoms with Crippen LogP contribution in [-0.4, -0.2) is 17.5 Å². The Balaban J connectivity index is 2.07. The molecule has 4 atom stereocenters. The Kier molecular flexibility index (Phi) is 2.01. The fraction of sp³-hybridized carbons (Fsp3) is 1.00. The summed E-state index contributed by atoms with van der Waals surface area (Å²) in [6.07, 6.45) is 1.08. The van der Waals surface area contributed by atoms with Gasteiger partial charge in [0.1, 0.15) is 6.10 Å². The summed E-state index contributed by atoms with van der Waals surface area (Å²) in [6.45, 7) is 13.2. The molecule has 0 aromatic carbocycles. The second-order valence-electron chi connectivity index (χ2n) is 7.25. The van der Waals surface area contributed by atoms with Gasteiger partial charge in [0.25, 0.3) is 5.79 Å². The molecule has 1 aliphatic carbocycles. The Morgan fingerprint density at radius 2 is 1.65 bits per heavy atom. The first-order chi connectivity index (χ1) is 7.68. The highest BCUT2D eigenvalue weighted by Crippen LogP contribution is 2.70. The molecule has 0 amide bonds. The van der Waals surface area contributed by atoms with Crippen molar-refractivity contribution in [2.45, 2.75) is 65.5 Å². The predicted octanol–water partition coefficient (Wildman–Crippen LogP) is 2.83. The van der Waals surface area contributed by atoms with Gasteiger partial charge >= 0.3 is 0 Å². The molecule has 3 fully saturated rings. The first-order valence-corrected chi connectivity index (χ1v) is 6.39. The molecule has 17 heavy (non-hydrogen) atoms. The minimum atomic E-state index is -0.645. The third kappa shape index (κ3) is 1.09. The highest BCUT2D eigenvalue weighted by Gasteiger charge is 2.84. The standard InChI is InChI=1S/C13H22O4/c1-8-7-11(5,10(2,3)4)13(16-17-13)12(6)9(8)14-15-12/h8-9H,7H2,1-6H3. The molecule has 2 aliphatic heterocycles. The first-order valence-electron chi connectivity index (χ1n) is 6.39. The van der Waals surface area contributed by atoms with E-state index < -0.39 is 11.4 Å². The number of fused-ring (bicyclic) bond motifs is 2. The Bertz CT molecular complexity index is 357. The summed E-state index contributed by atoms with van der Waals surface area (Å²) in [6, 6.07) is 0. The molecular weight excluding hydrogens is 220 g/mol. The molecule has 3 aliphatic rings. The molecule has 1 saturated carbocycles. The number of hydrogen-bond donors (Lipinski definition) is 0. The molecule has 0 radical (unpaired) electrons. The first kappa shape index (κ1) is 11.9. The maximum absolute atomic E-state index is 5.46. The molecule has 0 aromatic heterocycles. The second-order valence-corrected chi connectivity index (χ2v) is 7.25. The van der Waals surface area contributed by atoms with Crippen molar-refractivity contribution < 1.29 is 19.6 Å². The van der Waals surface area contributed by atoms with E-state index in [0.29, 0.717) is 5.92 Å². The third-order valence-corrected chi connectivity index (χ3v) is 5.40. The lowest BCUT2D eigenvalue weighted by Gasteiger charge is -2.60. The summed E-state index contributed by atoms with van der Waals surface area (Å²) >= 11 is 0. The molecule has 3 rings (SSSR count). The quantitative estimate of drug-likeness (QED) is 0.484. The van der Waals surface area contributed by atoms with Crippen LogP contribution in [0.25, 0.3) is 0 Å². The van der Waals surface area contributed by atoms with E-state index in [1.807, 2.05) is 6.92 Å². The van der Waals surface area contributed by atoms with E-state index in [2.05, 4.69) is 34.6 Å². The van der Waals surface area contributed by atoms with Gasteiger partial charge in [0.2, 0.25) is 0 Å². The lowest BCUT2D eigenvalue weighted by atomic mass is 9.51. The maximum atomic E-state index is 5.46. The van der Waals surface area contributed by atoms with Crippen molar-refractivity contribution in [1.82, 2.24) is 0 Å². The largest absolute Gasteiger partial charge is 0.273 e. The molecule has 4 nitrogen and oxygen atoms in total. The molecule has 4 unspecified atom stereocenters. The molecule has 2 saturated heterocycles. The van der Waals surface area contributed by atoms with Gasteiger partial charge in [0.15, 0.2) is 5.60 Å². The van der Waals surface area contributed by atoms with Gasteiger partial charge in [-0.3, -0.25) is 0 Å². The van der Waals surface area contributed by atoms with Crippen LogP contribution in [0.1, 0.15) is 48.0 Å². The molecule has 0 bridgehead atoms. The predicted molar refractivity (Wildman–Crippen MR) is 60.6 cm³/mol. The van der Waals surface area contributed by atoms with Gasteiger partial charge in [0.05, 0.1) is 0 Å². The Morgan fingerprint density at radius 1 is 1.06 bits per heavy atom. The zero-order valence-electron chi connectivity index (χ0n) is 11.5. The van der Waals surface area contributed by atoms with Gasteiger partial charge in [-0.15, -0.1) is 0 Å². The fourth-order valence-electron chi connectivity index (χ4n) is 3.75. The Morgan fingerprint density at radius 3 is 2.00 bits per heavy atom. The number of rotatable bonds is 0. The summed E-state index contributed by atoms with van der Waals surface area (Å²) < 4.78 is 0. The van der Waals surface area contributed by atoms with Gasteiger partial charge in [0, 0.05) is 5.41 Å². The van der Waals surface area contributed by atoms with Crippen molar-refractivity contribution in [1.29, 1.82) is 0 Å². The minimum Gasteiger partial charge on any atom is -0.229 e. The summed E-state index contributed by atoms with van der Waals surface area (Å²) in [5, 5.41) is 0. The molecule has 0 N–H and O–H groups in total. The highest BCUT2D eigenvalue weighted by molar-refractivity contribution is 5.19. The van der Waals surface area contributed by atoms with Crippen LogP contribution < -0.4 is 0 Å². The van der Waals surface area contributed by atoms with Crippen molar-refractivity contribution >= 4 is 0 Å². The smallest absolute Gasteiger partial charge is 0.229 e. The summed E-state index contributed by atoms with van der Waals surface area (Å²) in [7, 11) is 0. The van der Waals surface area contributed by atoms with E-state index in [4.69, 9.17) is 19.6 Å². The average molecular weight is 242 g/mol. The number of hydrogen-bond acceptors (Lipinski definition) is 4. The van der Waals surface area contributed by atoms with Gasteiger partial charge in [-0.2, -0.15) is 9.78 Å². The van der Waals surface area contributed by atoms with Gasteiger partial charge in [-0.05, 0) is 24.7 Å². The normalized spacial score (nSPS) is 51.9. The zero-order chi connectivity index (χ0) is 12.7. The van der Waals surface area contributed by atoms with Crippen molar-refractivity contribution in [2.75, 3.05) is 0 Å². The maximum Gasteiger partial charge on any atom is 0.273 e. The second kappa shape index (κ2) is 2.87. The average Bonchev–Trinajstić information content (AvgIpc) is 2.91. The van der Waals surface area contributed by atoms with E-state index in [9.17, 15) is 0 Å². The molecular formula is C13H22O4. The lowest BCUT2D eigenvalue weighted by molar-refractivity contribution is -0.545. The zero-order valence-corrected chi connectivity index (χ0v) is 11.5. The van der Waals surface area contributed by atoms with Crippen molar-refractivity contribution in [3.63, 3.8) is 0 Å². The lowest BCUT2D eigenvalue weighted by Crippen LogP contribution is -2.75. The third-order valence-electron chi connectivity index (χ3n) is 5.40. The SMILES string of the molecule is CC1CC(C)(C(C)(C)C)C2(OO2)C2(C)OOC12. The van der Waals surface area contributed by atoms with Crippen LogP contribution in [0.2, 0.25) is 0 Å². The van der Waals surface area contributed by atoms with Gasteiger partial charge in [-0.1, -0.05) is 34.6 Å². The van der Waals surface area contributed by atoms with Crippen LogP contribution in [0.15, 0.2) is 0 Å². The van der Waals surface area contributed by atoms with E-state index in [-0.39, 0.29) is 16.9 Å². The van der Waals surface area contributed by atoms with Crippen LogP contribution in [-0.2, 0) is 19.6 Å². The van der Waals surface area contributed by atoms with Crippen LogP contribution in [0, 0.1) is 16.7 Å². The molecule has 2 heterocycles. The van der Waals surface area contributed by atoms with Crippen LogP contribution in [0.3, 0.4) is 0 Å². The van der Waals surface area contributed by atoms with E-state index in [1.54, 1.807) is 0 Å². The topological polar surface area (TPSA) is 43.5 Å². The van der Waals surface area contributed by atoms with Crippen LogP contribution in [0.4, 0.5) is 0 Å². The molecule has 4 heteroatoms. The minimum absolute atomic E-state index is 0.0698. The monoisotopic (exact) mass is 242 g/mol.